The van der Waals surface area contributed by atoms with E-state index < -0.39 is 0 Å². The summed E-state index contributed by atoms with van der Waals surface area (Å²) in [6, 6.07) is 1.55. The molecule has 0 aromatic carbocycles. The molecule has 0 fully saturated rings. The van der Waals surface area contributed by atoms with Crippen molar-refractivity contribution < 1.29 is 9.47 Å². The fraction of sp³-hybridized carbons (Fsp3) is 0.333. The van der Waals surface area contributed by atoms with Crippen LogP contribution in [-0.4, -0.2) is 24.2 Å². The second-order valence-electron chi connectivity index (χ2n) is 1.81. The molecule has 1 heterocycles. The number of hydrogen-bond donors (Lipinski definition) is 1. The largest absolute Gasteiger partial charge is 0.481 e. The van der Waals surface area contributed by atoms with Gasteiger partial charge in [-0.25, -0.2) is 0 Å². The molecule has 0 amide bonds. The first-order chi connectivity index (χ1) is 5.26. The summed E-state index contributed by atoms with van der Waals surface area (Å²) in [7, 11) is 3.00. The minimum absolute atomic E-state index is 0.140. The Morgan fingerprint density at radius 1 is 1.18 bits per heavy atom. The van der Waals surface area contributed by atoms with Crippen LogP contribution >= 0.6 is 0 Å². The highest BCUT2D eigenvalue weighted by Gasteiger charge is 2.00. The van der Waals surface area contributed by atoms with E-state index in [2.05, 4.69) is 9.97 Å². The fourth-order valence-electron chi connectivity index (χ4n) is 0.630. The highest BCUT2D eigenvalue weighted by molar-refractivity contribution is 5.29. The molecule has 0 aliphatic heterocycles. The van der Waals surface area contributed by atoms with E-state index in [1.165, 1.54) is 14.2 Å². The molecule has 0 radical (unpaired) electrons. The molecule has 1 aromatic heterocycles. The molecule has 5 nitrogen and oxygen atoms in total. The number of nitrogen functional groups attached to an aromatic ring is 1. The van der Waals surface area contributed by atoms with Gasteiger partial charge >= 0.3 is 0 Å². The van der Waals surface area contributed by atoms with Crippen molar-refractivity contribution in [3.05, 3.63) is 6.07 Å². The minimum atomic E-state index is 0.140. The Bertz CT molecular complexity index is 229. The van der Waals surface area contributed by atoms with Crippen LogP contribution in [0.1, 0.15) is 0 Å². The lowest BCUT2D eigenvalue weighted by molar-refractivity contribution is 0.373. The lowest BCUT2D eigenvalue weighted by Gasteiger charge is -2.01. The van der Waals surface area contributed by atoms with Gasteiger partial charge in [-0.3, -0.25) is 0 Å². The predicted molar refractivity (Wildman–Crippen MR) is 39.5 cm³/mol. The Labute approximate surface area is 64.2 Å². The lowest BCUT2D eigenvalue weighted by Crippen LogP contribution is -1.99. The van der Waals surface area contributed by atoms with Crippen LogP contribution < -0.4 is 15.2 Å². The maximum Gasteiger partial charge on any atom is 0.226 e. The zero-order chi connectivity index (χ0) is 8.27. The molecule has 0 bridgehead atoms. The third-order valence-electron chi connectivity index (χ3n) is 1.11. The van der Waals surface area contributed by atoms with E-state index in [1.807, 2.05) is 0 Å². The lowest BCUT2D eigenvalue weighted by atomic mass is 10.9. The molecule has 0 unspecified atom stereocenters. The quantitative estimate of drug-likeness (QED) is 0.658. The molecule has 0 spiro atoms. The maximum absolute atomic E-state index is 5.33. The average Bonchev–Trinajstić information content (AvgIpc) is 2.03. The van der Waals surface area contributed by atoms with Crippen molar-refractivity contribution in [1.82, 2.24) is 9.97 Å². The van der Waals surface area contributed by atoms with Gasteiger partial charge in [0.25, 0.3) is 0 Å². The van der Waals surface area contributed by atoms with E-state index >= 15 is 0 Å². The zero-order valence-corrected chi connectivity index (χ0v) is 6.37. The SMILES string of the molecule is COc1[14cH]c(OC)nc(N)n1. The molecular formula is C6H9N3O2. The van der Waals surface area contributed by atoms with Gasteiger partial charge in [0.05, 0.1) is 20.3 Å². The molecule has 1 aromatic rings. The Balaban J connectivity index is 3.02. The second kappa shape index (κ2) is 3.05. The van der Waals surface area contributed by atoms with Gasteiger partial charge in [0, 0.05) is 0 Å². The summed E-state index contributed by atoms with van der Waals surface area (Å²) >= 11 is 0. The van der Waals surface area contributed by atoms with E-state index in [4.69, 9.17) is 15.2 Å². The van der Waals surface area contributed by atoms with Crippen LogP contribution in [0, 0.1) is 0 Å². The summed E-state index contributed by atoms with van der Waals surface area (Å²) in [5.41, 5.74) is 5.33. The molecule has 60 valence electrons. The smallest absolute Gasteiger partial charge is 0.226 e. The van der Waals surface area contributed by atoms with Gasteiger partial charge in [0.15, 0.2) is 0 Å². The third kappa shape index (κ3) is 1.70. The zero-order valence-electron chi connectivity index (χ0n) is 6.37. The van der Waals surface area contributed by atoms with Gasteiger partial charge in [0.2, 0.25) is 17.7 Å². The number of hydrogen-bond acceptors (Lipinski definition) is 5. The van der Waals surface area contributed by atoms with Crippen molar-refractivity contribution in [2.24, 2.45) is 0 Å². The first-order valence-electron chi connectivity index (χ1n) is 2.99. The molecule has 1 rings (SSSR count). The number of anilines is 1. The molecule has 0 saturated carbocycles. The first-order valence-corrected chi connectivity index (χ1v) is 2.99. The van der Waals surface area contributed by atoms with Gasteiger partial charge in [-0.15, -0.1) is 0 Å². The van der Waals surface area contributed by atoms with Crippen LogP contribution in [-0.2, 0) is 0 Å². The molecule has 0 saturated heterocycles. The van der Waals surface area contributed by atoms with Crippen molar-refractivity contribution in [3.8, 4) is 11.8 Å². The van der Waals surface area contributed by atoms with E-state index in [9.17, 15) is 0 Å². The fourth-order valence-corrected chi connectivity index (χ4v) is 0.630. The van der Waals surface area contributed by atoms with Gasteiger partial charge in [-0.1, -0.05) is 0 Å². The van der Waals surface area contributed by atoms with Crippen LogP contribution in [0.2, 0.25) is 0 Å². The van der Waals surface area contributed by atoms with Crippen molar-refractivity contribution in [2.75, 3.05) is 20.0 Å². The average molecular weight is 157 g/mol. The van der Waals surface area contributed by atoms with Gasteiger partial charge in [-0.2, -0.15) is 9.97 Å². The Morgan fingerprint density at radius 2 is 1.64 bits per heavy atom. The summed E-state index contributed by atoms with van der Waals surface area (Å²) in [6.07, 6.45) is 0. The molecular weight excluding hydrogens is 148 g/mol. The van der Waals surface area contributed by atoms with Crippen LogP contribution in [0.4, 0.5) is 5.95 Å². The van der Waals surface area contributed by atoms with Crippen LogP contribution in [0.5, 0.6) is 11.8 Å². The number of nitrogens with two attached hydrogens (primary N) is 1. The van der Waals surface area contributed by atoms with Crippen LogP contribution in [0.3, 0.4) is 0 Å². The normalized spacial score (nSPS) is 9.27. The molecule has 0 atom stereocenters. The summed E-state index contributed by atoms with van der Waals surface area (Å²) in [4.78, 5) is 7.53. The molecule has 0 aliphatic carbocycles. The Morgan fingerprint density at radius 3 is 2.00 bits per heavy atom. The number of rotatable bonds is 2. The number of nitrogens with zero attached hydrogens (tertiary/aromatic N) is 2. The van der Waals surface area contributed by atoms with Gasteiger partial charge in [0.1, 0.15) is 0 Å². The summed E-state index contributed by atoms with van der Waals surface area (Å²) < 4.78 is 9.65. The highest BCUT2D eigenvalue weighted by Crippen LogP contribution is 2.14. The van der Waals surface area contributed by atoms with Gasteiger partial charge in [-0.05, 0) is 0 Å². The highest BCUT2D eigenvalue weighted by atomic mass is 16.5. The maximum atomic E-state index is 5.33. The summed E-state index contributed by atoms with van der Waals surface area (Å²) in [5.74, 6) is 0.935. The molecule has 0 aliphatic rings. The topological polar surface area (TPSA) is 70.3 Å². The van der Waals surface area contributed by atoms with E-state index in [1.54, 1.807) is 6.07 Å². The number of methoxy groups -OCH3 is 2. The van der Waals surface area contributed by atoms with E-state index in [-0.39, 0.29) is 5.95 Å². The molecule has 2 N–H and O–H groups in total. The minimum Gasteiger partial charge on any atom is -0.481 e. The standard InChI is InChI=1S/C6H9N3O2/c1-10-4-3-5(11-2)9-6(7)8-4/h3H,1-2H3,(H2,7,8,9)/i3+2. The monoisotopic (exact) mass is 157 g/mol. The molecule has 11 heavy (non-hydrogen) atoms. The Kier molecular flexibility index (Phi) is 2.10. The molecule has 5 heteroatoms. The van der Waals surface area contributed by atoms with Crippen molar-refractivity contribution >= 4 is 5.95 Å². The number of ether oxygens (including phenoxy) is 2. The van der Waals surface area contributed by atoms with Crippen molar-refractivity contribution in [1.29, 1.82) is 0 Å². The van der Waals surface area contributed by atoms with E-state index in [0.29, 0.717) is 11.8 Å². The third-order valence-corrected chi connectivity index (χ3v) is 1.11. The summed E-state index contributed by atoms with van der Waals surface area (Å²) in [6.45, 7) is 0. The predicted octanol–water partition coefficient (Wildman–Crippen LogP) is 0.0760. The van der Waals surface area contributed by atoms with E-state index in [0.717, 1.165) is 0 Å². The first kappa shape index (κ1) is 7.59. The van der Waals surface area contributed by atoms with Crippen LogP contribution in [0.15, 0.2) is 6.07 Å². The Hall–Kier alpha value is -1.52. The van der Waals surface area contributed by atoms with Crippen molar-refractivity contribution in [2.45, 2.75) is 0 Å². The second-order valence-corrected chi connectivity index (χ2v) is 1.81. The van der Waals surface area contributed by atoms with Crippen molar-refractivity contribution in [3.63, 3.8) is 0 Å². The summed E-state index contributed by atoms with van der Waals surface area (Å²) in [5, 5.41) is 0. The van der Waals surface area contributed by atoms with Gasteiger partial charge < -0.3 is 15.2 Å². The number of aromatic nitrogens is 2. The van der Waals surface area contributed by atoms with Crippen LogP contribution in [0.25, 0.3) is 0 Å².